The Labute approximate surface area is 117 Å². The zero-order valence-electron chi connectivity index (χ0n) is 11.4. The summed E-state index contributed by atoms with van der Waals surface area (Å²) in [5, 5.41) is 11.0. The minimum atomic E-state index is 0.314. The van der Waals surface area contributed by atoms with Gasteiger partial charge in [0.25, 0.3) is 0 Å². The Morgan fingerprint density at radius 1 is 1.45 bits per heavy atom. The molecule has 4 heteroatoms. The van der Waals surface area contributed by atoms with Crippen molar-refractivity contribution in [2.24, 2.45) is 5.92 Å². The maximum atomic E-state index is 9.18. The van der Waals surface area contributed by atoms with Crippen molar-refractivity contribution in [3.63, 3.8) is 0 Å². The molecule has 3 rings (SSSR count). The predicted molar refractivity (Wildman–Crippen MR) is 79.9 cm³/mol. The van der Waals surface area contributed by atoms with Gasteiger partial charge in [0, 0.05) is 29.6 Å². The number of anilines is 1. The van der Waals surface area contributed by atoms with E-state index in [2.05, 4.69) is 41.2 Å². The minimum Gasteiger partial charge on any atom is -0.383 e. The molecule has 0 bridgehead atoms. The molecule has 1 aliphatic carbocycles. The number of pyridine rings is 1. The number of rotatable bonds is 2. The van der Waals surface area contributed by atoms with Crippen LogP contribution in [0.15, 0.2) is 36.2 Å². The summed E-state index contributed by atoms with van der Waals surface area (Å²) in [6, 6.07) is 2.13. The van der Waals surface area contributed by atoms with Crippen LogP contribution in [0.5, 0.6) is 0 Å². The largest absolute Gasteiger partial charge is 0.383 e. The first-order chi connectivity index (χ1) is 9.69. The molecule has 3 N–H and O–H groups in total. The molecule has 0 spiro atoms. The van der Waals surface area contributed by atoms with Crippen molar-refractivity contribution in [1.82, 2.24) is 9.97 Å². The molecule has 0 radical (unpaired) electrons. The summed E-state index contributed by atoms with van der Waals surface area (Å²) in [4.78, 5) is 7.48. The highest BCUT2D eigenvalue weighted by atomic mass is 14.9. The summed E-state index contributed by atoms with van der Waals surface area (Å²) >= 11 is 0. The summed E-state index contributed by atoms with van der Waals surface area (Å²) < 4.78 is 0. The van der Waals surface area contributed by atoms with Gasteiger partial charge in [0.05, 0.1) is 5.69 Å². The SMILES string of the molecule is CC1C=CC=C(Cc2nc(N)c(C#N)c3c[nH]cc23)C1. The highest BCUT2D eigenvalue weighted by Gasteiger charge is 2.15. The smallest absolute Gasteiger partial charge is 0.142 e. The molecule has 2 aromatic rings. The van der Waals surface area contributed by atoms with Crippen LogP contribution >= 0.6 is 0 Å². The fraction of sp³-hybridized carbons (Fsp3) is 0.250. The van der Waals surface area contributed by atoms with Crippen LogP contribution in [0.3, 0.4) is 0 Å². The molecule has 0 amide bonds. The second-order valence-corrected chi connectivity index (χ2v) is 5.28. The van der Waals surface area contributed by atoms with Gasteiger partial charge in [-0.05, 0) is 12.3 Å². The number of hydrogen-bond donors (Lipinski definition) is 2. The zero-order valence-corrected chi connectivity index (χ0v) is 11.4. The summed E-state index contributed by atoms with van der Waals surface area (Å²) in [6.07, 6.45) is 12.0. The zero-order chi connectivity index (χ0) is 14.1. The van der Waals surface area contributed by atoms with Gasteiger partial charge in [-0.1, -0.05) is 30.7 Å². The van der Waals surface area contributed by atoms with Crippen molar-refractivity contribution in [2.75, 3.05) is 5.73 Å². The topological polar surface area (TPSA) is 78.5 Å². The first kappa shape index (κ1) is 12.5. The van der Waals surface area contributed by atoms with Crippen molar-refractivity contribution >= 4 is 16.6 Å². The van der Waals surface area contributed by atoms with Crippen LogP contribution in [-0.2, 0) is 6.42 Å². The molecule has 1 aliphatic rings. The van der Waals surface area contributed by atoms with Crippen LogP contribution in [0.2, 0.25) is 0 Å². The van der Waals surface area contributed by atoms with Crippen molar-refractivity contribution < 1.29 is 0 Å². The Bertz CT molecular complexity index is 759. The van der Waals surface area contributed by atoms with E-state index in [1.807, 2.05) is 12.4 Å². The number of H-pyrrole nitrogens is 1. The number of fused-ring (bicyclic) bond motifs is 1. The van der Waals surface area contributed by atoms with Gasteiger partial charge in [0.2, 0.25) is 0 Å². The second-order valence-electron chi connectivity index (χ2n) is 5.28. The first-order valence-corrected chi connectivity index (χ1v) is 6.70. The molecular weight excluding hydrogens is 248 g/mol. The normalized spacial score (nSPS) is 18.0. The van der Waals surface area contributed by atoms with Crippen LogP contribution in [0.25, 0.3) is 10.8 Å². The van der Waals surface area contributed by atoms with E-state index in [4.69, 9.17) is 5.73 Å². The van der Waals surface area contributed by atoms with E-state index in [1.54, 1.807) is 0 Å². The molecule has 1 atom stereocenters. The molecule has 0 aliphatic heterocycles. The van der Waals surface area contributed by atoms with E-state index in [0.717, 1.165) is 29.3 Å². The third kappa shape index (κ3) is 2.08. The van der Waals surface area contributed by atoms with Gasteiger partial charge in [-0.25, -0.2) is 4.98 Å². The first-order valence-electron chi connectivity index (χ1n) is 6.70. The van der Waals surface area contributed by atoms with Gasteiger partial charge in [-0.15, -0.1) is 0 Å². The fourth-order valence-electron chi connectivity index (χ4n) is 2.74. The molecular formula is C16H16N4. The number of aromatic nitrogens is 2. The molecule has 2 heterocycles. The Morgan fingerprint density at radius 3 is 3.00 bits per heavy atom. The second kappa shape index (κ2) is 4.86. The summed E-state index contributed by atoms with van der Waals surface area (Å²) in [7, 11) is 0. The monoisotopic (exact) mass is 264 g/mol. The Hall–Kier alpha value is -2.54. The van der Waals surface area contributed by atoms with E-state index in [-0.39, 0.29) is 0 Å². The summed E-state index contributed by atoms with van der Waals surface area (Å²) in [6.45, 7) is 2.20. The molecule has 100 valence electrons. The van der Waals surface area contributed by atoms with E-state index >= 15 is 0 Å². The van der Waals surface area contributed by atoms with Crippen LogP contribution in [-0.4, -0.2) is 9.97 Å². The van der Waals surface area contributed by atoms with Crippen molar-refractivity contribution in [2.45, 2.75) is 19.8 Å². The van der Waals surface area contributed by atoms with Gasteiger partial charge < -0.3 is 10.7 Å². The maximum absolute atomic E-state index is 9.18. The van der Waals surface area contributed by atoms with Gasteiger partial charge in [0.15, 0.2) is 0 Å². The summed E-state index contributed by atoms with van der Waals surface area (Å²) in [5.74, 6) is 0.877. The lowest BCUT2D eigenvalue weighted by Crippen LogP contribution is -2.05. The highest BCUT2D eigenvalue weighted by Crippen LogP contribution is 2.28. The quantitative estimate of drug-likeness (QED) is 0.874. The van der Waals surface area contributed by atoms with E-state index in [9.17, 15) is 5.26 Å². The maximum Gasteiger partial charge on any atom is 0.142 e. The van der Waals surface area contributed by atoms with Gasteiger partial charge in [-0.3, -0.25) is 0 Å². The summed E-state index contributed by atoms with van der Waals surface area (Å²) in [5.41, 5.74) is 8.65. The van der Waals surface area contributed by atoms with Crippen LogP contribution in [0.4, 0.5) is 5.82 Å². The highest BCUT2D eigenvalue weighted by molar-refractivity contribution is 5.92. The number of nitrogens with zero attached hydrogens (tertiary/aromatic N) is 2. The number of nitriles is 1. The lowest BCUT2D eigenvalue weighted by Gasteiger charge is -2.15. The molecule has 2 aromatic heterocycles. The lowest BCUT2D eigenvalue weighted by molar-refractivity contribution is 0.692. The van der Waals surface area contributed by atoms with Crippen molar-refractivity contribution in [1.29, 1.82) is 5.26 Å². The van der Waals surface area contributed by atoms with Gasteiger partial charge in [0.1, 0.15) is 17.5 Å². The number of allylic oxidation sites excluding steroid dienone is 4. The number of nitrogen functional groups attached to an aromatic ring is 1. The Kier molecular flexibility index (Phi) is 3.03. The van der Waals surface area contributed by atoms with Gasteiger partial charge in [-0.2, -0.15) is 5.26 Å². The van der Waals surface area contributed by atoms with Gasteiger partial charge >= 0.3 is 0 Å². The third-order valence-electron chi connectivity index (χ3n) is 3.70. The minimum absolute atomic E-state index is 0.314. The van der Waals surface area contributed by atoms with E-state index < -0.39 is 0 Å². The van der Waals surface area contributed by atoms with Crippen LogP contribution < -0.4 is 5.73 Å². The molecule has 1 unspecified atom stereocenters. The van der Waals surface area contributed by atoms with Crippen LogP contribution in [0.1, 0.15) is 24.6 Å². The number of nitrogens with one attached hydrogen (secondary N) is 1. The van der Waals surface area contributed by atoms with Crippen molar-refractivity contribution in [3.8, 4) is 6.07 Å². The standard InChI is InChI=1S/C16H16N4/c1-10-3-2-4-11(5-10)6-15-14-9-19-8-13(14)12(7-17)16(18)20-15/h2-4,8-10,19H,5-6,18H2,1H3. The van der Waals surface area contributed by atoms with E-state index in [0.29, 0.717) is 17.3 Å². The number of aromatic amines is 1. The Balaban J connectivity index is 2.05. The van der Waals surface area contributed by atoms with Crippen molar-refractivity contribution in [3.05, 3.63) is 47.5 Å². The average molecular weight is 264 g/mol. The third-order valence-corrected chi connectivity index (χ3v) is 3.70. The average Bonchev–Trinajstić information content (AvgIpc) is 2.88. The lowest BCUT2D eigenvalue weighted by atomic mass is 9.92. The number of hydrogen-bond acceptors (Lipinski definition) is 3. The number of nitrogens with two attached hydrogens (primary N) is 1. The molecule has 0 aromatic carbocycles. The van der Waals surface area contributed by atoms with E-state index in [1.165, 1.54) is 5.57 Å². The molecule has 0 saturated carbocycles. The Morgan fingerprint density at radius 2 is 2.25 bits per heavy atom. The predicted octanol–water partition coefficient (Wildman–Crippen LogP) is 3.08. The molecule has 0 saturated heterocycles. The fourth-order valence-corrected chi connectivity index (χ4v) is 2.74. The molecule has 20 heavy (non-hydrogen) atoms. The molecule has 4 nitrogen and oxygen atoms in total. The molecule has 0 fully saturated rings. The van der Waals surface area contributed by atoms with Crippen LogP contribution in [0, 0.1) is 17.2 Å².